The molecule has 0 unspecified atom stereocenters. The van der Waals surface area contributed by atoms with Crippen molar-refractivity contribution in [1.82, 2.24) is 15.2 Å². The van der Waals surface area contributed by atoms with Gasteiger partial charge in [-0.2, -0.15) is 0 Å². The maximum absolute atomic E-state index is 11.6. The van der Waals surface area contributed by atoms with Crippen molar-refractivity contribution in [2.45, 2.75) is 12.1 Å². The molecule has 1 aromatic carbocycles. The number of aryl methyl sites for hydroxylation is 1. The third kappa shape index (κ3) is 3.52. The van der Waals surface area contributed by atoms with Crippen LogP contribution in [0.3, 0.4) is 0 Å². The van der Waals surface area contributed by atoms with Crippen molar-refractivity contribution in [3.8, 4) is 5.75 Å². The van der Waals surface area contributed by atoms with Crippen LogP contribution in [-0.2, 0) is 4.79 Å². The number of benzene rings is 1. The summed E-state index contributed by atoms with van der Waals surface area (Å²) in [5.41, 5.74) is 0.203. The molecular weight excluding hydrogens is 302 g/mol. The first-order valence-corrected chi connectivity index (χ1v) is 6.63. The average molecular weight is 311 g/mol. The zero-order valence-electron chi connectivity index (χ0n) is 10.3. The van der Waals surface area contributed by atoms with Crippen molar-refractivity contribution in [3.63, 3.8) is 0 Å². The lowest BCUT2D eigenvalue weighted by Crippen LogP contribution is -1.99. The van der Waals surface area contributed by atoms with Crippen molar-refractivity contribution in [1.29, 1.82) is 0 Å². The Balaban J connectivity index is 2.35. The predicted molar refractivity (Wildman–Crippen MR) is 73.5 cm³/mol. The van der Waals surface area contributed by atoms with Gasteiger partial charge in [-0.1, -0.05) is 17.7 Å². The Morgan fingerprint density at radius 1 is 1.55 bits per heavy atom. The molecule has 0 saturated carbocycles. The van der Waals surface area contributed by atoms with Gasteiger partial charge in [-0.3, -0.25) is 5.10 Å². The number of H-pyrrole nitrogens is 1. The van der Waals surface area contributed by atoms with Crippen LogP contribution in [0.2, 0.25) is 5.02 Å². The number of carbonyl (C=O) groups is 1. The third-order valence-electron chi connectivity index (χ3n) is 2.25. The van der Waals surface area contributed by atoms with Crippen molar-refractivity contribution >= 4 is 35.4 Å². The molecule has 2 rings (SSSR count). The largest absolute Gasteiger partial charge is 0.872 e. The van der Waals surface area contributed by atoms with Crippen molar-refractivity contribution in [3.05, 3.63) is 39.5 Å². The SMILES string of the molecule is Cc1nc(S/C(=C/c2cc(Cl)ccc2[O-])C(=O)O)n[nH]1. The maximum atomic E-state index is 11.6. The summed E-state index contributed by atoms with van der Waals surface area (Å²) in [5.74, 6) is -0.902. The minimum absolute atomic E-state index is 0.0663. The van der Waals surface area contributed by atoms with Crippen LogP contribution in [0.5, 0.6) is 5.75 Å². The van der Waals surface area contributed by atoms with Crippen molar-refractivity contribution in [2.75, 3.05) is 0 Å². The molecule has 0 aliphatic heterocycles. The van der Waals surface area contributed by atoms with E-state index in [-0.39, 0.29) is 21.4 Å². The Hall–Kier alpha value is -1.99. The molecule has 20 heavy (non-hydrogen) atoms. The molecule has 2 aromatic rings. The topological polar surface area (TPSA) is 102 Å². The zero-order chi connectivity index (χ0) is 14.7. The number of hydrogen-bond donors (Lipinski definition) is 2. The second kappa shape index (κ2) is 5.98. The Morgan fingerprint density at radius 3 is 2.90 bits per heavy atom. The summed E-state index contributed by atoms with van der Waals surface area (Å²) in [4.78, 5) is 15.2. The minimum Gasteiger partial charge on any atom is -0.872 e. The number of thioether (sulfide) groups is 1. The summed E-state index contributed by atoms with van der Waals surface area (Å²) in [5, 5.41) is 27.9. The number of carboxylic acid groups (broad SMARTS) is 1. The highest BCUT2D eigenvalue weighted by atomic mass is 35.5. The lowest BCUT2D eigenvalue weighted by atomic mass is 10.2. The fraction of sp³-hybridized carbons (Fsp3) is 0.0833. The molecule has 1 aromatic heterocycles. The van der Waals surface area contributed by atoms with Crippen LogP contribution in [0, 0.1) is 6.92 Å². The molecule has 0 fully saturated rings. The fourth-order valence-electron chi connectivity index (χ4n) is 1.37. The van der Waals surface area contributed by atoms with Gasteiger partial charge in [0, 0.05) is 5.02 Å². The van der Waals surface area contributed by atoms with E-state index in [1.165, 1.54) is 24.3 Å². The standard InChI is InChI=1S/C12H10ClN3O3S/c1-6-14-12(16-15-6)20-10(11(18)19)5-7-4-8(13)2-3-9(7)17/h2-5,17H,1H3,(H,18,19)(H,14,15,16)/p-1/b10-5+. The monoisotopic (exact) mass is 310 g/mol. The smallest absolute Gasteiger partial charge is 0.342 e. The number of nitrogens with one attached hydrogen (secondary N) is 1. The minimum atomic E-state index is -1.17. The molecule has 0 aliphatic rings. The highest BCUT2D eigenvalue weighted by Gasteiger charge is 2.13. The van der Waals surface area contributed by atoms with E-state index in [2.05, 4.69) is 15.2 Å². The van der Waals surface area contributed by atoms with Crippen LogP contribution in [0.15, 0.2) is 28.3 Å². The van der Waals surface area contributed by atoms with Crippen molar-refractivity contribution in [2.24, 2.45) is 0 Å². The number of hydrogen-bond acceptors (Lipinski definition) is 5. The predicted octanol–water partition coefficient (Wildman–Crippen LogP) is 2.06. The first-order valence-electron chi connectivity index (χ1n) is 5.44. The van der Waals surface area contributed by atoms with E-state index in [4.69, 9.17) is 11.6 Å². The maximum Gasteiger partial charge on any atom is 0.342 e. The summed E-state index contributed by atoms with van der Waals surface area (Å²) in [6.45, 7) is 1.70. The first-order chi connectivity index (χ1) is 9.45. The normalized spacial score (nSPS) is 11.6. The van der Waals surface area contributed by atoms with E-state index in [0.717, 1.165) is 11.8 Å². The number of aliphatic carboxylic acids is 1. The van der Waals surface area contributed by atoms with Crippen molar-refractivity contribution < 1.29 is 15.0 Å². The van der Waals surface area contributed by atoms with Gasteiger partial charge >= 0.3 is 5.97 Å². The molecule has 0 aliphatic carbocycles. The summed E-state index contributed by atoms with van der Waals surface area (Å²) < 4.78 is 0. The van der Waals surface area contributed by atoms with E-state index in [1.54, 1.807) is 6.92 Å². The Bertz CT molecular complexity index is 684. The molecule has 0 radical (unpaired) electrons. The number of halogens is 1. The van der Waals surface area contributed by atoms with Crippen LogP contribution < -0.4 is 5.11 Å². The zero-order valence-corrected chi connectivity index (χ0v) is 11.8. The Morgan fingerprint density at radius 2 is 2.30 bits per heavy atom. The van der Waals surface area contributed by atoms with Crippen LogP contribution in [0.1, 0.15) is 11.4 Å². The van der Waals surface area contributed by atoms with Gasteiger partial charge in [0.1, 0.15) is 10.7 Å². The Kier molecular flexibility index (Phi) is 4.31. The molecule has 0 bridgehead atoms. The number of carboxylic acids is 1. The molecule has 104 valence electrons. The average Bonchev–Trinajstić information content (AvgIpc) is 2.78. The van der Waals surface area contributed by atoms with Crippen LogP contribution >= 0.6 is 23.4 Å². The van der Waals surface area contributed by atoms with Gasteiger partial charge in [0.05, 0.1) is 0 Å². The highest BCUT2D eigenvalue weighted by molar-refractivity contribution is 8.04. The summed E-state index contributed by atoms with van der Waals surface area (Å²) >= 11 is 6.64. The van der Waals surface area contributed by atoms with E-state index in [1.807, 2.05) is 0 Å². The van der Waals surface area contributed by atoms with Crippen LogP contribution in [0.4, 0.5) is 0 Å². The summed E-state index contributed by atoms with van der Waals surface area (Å²) in [6, 6.07) is 4.15. The third-order valence-corrected chi connectivity index (χ3v) is 3.36. The first kappa shape index (κ1) is 14.4. The quantitative estimate of drug-likeness (QED) is 0.662. The van der Waals surface area contributed by atoms with Crippen LogP contribution in [-0.4, -0.2) is 26.3 Å². The summed E-state index contributed by atoms with van der Waals surface area (Å²) in [7, 11) is 0. The van der Waals surface area contributed by atoms with Gasteiger partial charge in [-0.05, 0) is 42.5 Å². The van der Waals surface area contributed by atoms with Gasteiger partial charge in [0.15, 0.2) is 0 Å². The molecule has 0 amide bonds. The molecule has 1 heterocycles. The van der Waals surface area contributed by atoms with Gasteiger partial charge in [-0.25, -0.2) is 9.78 Å². The van der Waals surface area contributed by atoms with E-state index in [9.17, 15) is 15.0 Å². The van der Waals surface area contributed by atoms with E-state index >= 15 is 0 Å². The van der Waals surface area contributed by atoms with Gasteiger partial charge in [0.2, 0.25) is 5.16 Å². The number of aromatic nitrogens is 3. The number of nitrogens with zero attached hydrogens (tertiary/aromatic N) is 2. The van der Waals surface area contributed by atoms with Gasteiger partial charge in [0.25, 0.3) is 0 Å². The van der Waals surface area contributed by atoms with E-state index < -0.39 is 5.97 Å². The fourth-order valence-corrected chi connectivity index (χ4v) is 2.30. The second-order valence-electron chi connectivity index (χ2n) is 3.80. The molecular formula is C12H9ClN3O3S-. The van der Waals surface area contributed by atoms with Crippen LogP contribution in [0.25, 0.3) is 6.08 Å². The molecule has 0 atom stereocenters. The second-order valence-corrected chi connectivity index (χ2v) is 5.25. The lowest BCUT2D eigenvalue weighted by molar-refractivity contribution is -0.268. The molecule has 0 spiro atoms. The van der Waals surface area contributed by atoms with Gasteiger partial charge in [-0.15, -0.1) is 10.8 Å². The number of rotatable bonds is 4. The highest BCUT2D eigenvalue weighted by Crippen LogP contribution is 2.28. The molecule has 0 saturated heterocycles. The Labute approximate surface area is 123 Å². The van der Waals surface area contributed by atoms with E-state index in [0.29, 0.717) is 10.8 Å². The lowest BCUT2D eigenvalue weighted by Gasteiger charge is -2.10. The molecule has 2 N–H and O–H groups in total. The summed E-state index contributed by atoms with van der Waals surface area (Å²) in [6.07, 6.45) is 1.26. The molecule has 6 nitrogen and oxygen atoms in total. The molecule has 8 heteroatoms. The number of aromatic amines is 1. The van der Waals surface area contributed by atoms with Gasteiger partial charge < -0.3 is 10.2 Å².